The van der Waals surface area contributed by atoms with Crippen molar-refractivity contribution in [1.29, 1.82) is 0 Å². The van der Waals surface area contributed by atoms with Crippen molar-refractivity contribution in [2.24, 2.45) is 0 Å². The Labute approximate surface area is 39.8 Å². The van der Waals surface area contributed by atoms with Gasteiger partial charge < -0.3 is 4.55 Å². The Morgan fingerprint density at radius 1 is 1.67 bits per heavy atom. The fraction of sp³-hybridized carbons (Fsp3) is 1.00. The molecule has 0 aromatic rings. The van der Waals surface area contributed by atoms with E-state index in [0.717, 1.165) is 0 Å². The van der Waals surface area contributed by atoms with E-state index in [1.54, 1.807) is 13.8 Å². The van der Waals surface area contributed by atoms with Crippen LogP contribution < -0.4 is 0 Å². The molecule has 1 unspecified atom stereocenters. The van der Waals surface area contributed by atoms with Gasteiger partial charge in [0.05, 0.1) is 0 Å². The molecule has 0 amide bonds. The minimum atomic E-state index is -1.87. The van der Waals surface area contributed by atoms with Crippen LogP contribution in [0.15, 0.2) is 0 Å². The summed E-state index contributed by atoms with van der Waals surface area (Å²) in [6.07, 6.45) is 0. The predicted octanol–water partition coefficient (Wildman–Crippen LogP) is 0.274. The highest BCUT2D eigenvalue weighted by atomic mass is 32.2. The number of rotatable bonds is 1. The van der Waals surface area contributed by atoms with Crippen LogP contribution in [0.2, 0.25) is 0 Å². The standard InChI is InChI=1S/C3H8O2S/c1-3(2)6(4)5/h3H,1-2H3,(H,4,5)/p-1. The van der Waals surface area contributed by atoms with Crippen LogP contribution in [0.3, 0.4) is 0 Å². The Balaban J connectivity index is 3.26. The van der Waals surface area contributed by atoms with Crippen molar-refractivity contribution in [3.63, 3.8) is 0 Å². The highest BCUT2D eigenvalue weighted by Crippen LogP contribution is 1.84. The zero-order valence-corrected chi connectivity index (χ0v) is 4.62. The van der Waals surface area contributed by atoms with E-state index in [4.69, 9.17) is 0 Å². The first-order valence-corrected chi connectivity index (χ1v) is 2.86. The topological polar surface area (TPSA) is 40.1 Å². The Morgan fingerprint density at radius 2 is 1.83 bits per heavy atom. The van der Waals surface area contributed by atoms with Crippen LogP contribution in [-0.4, -0.2) is 14.0 Å². The van der Waals surface area contributed by atoms with Gasteiger partial charge in [0.25, 0.3) is 0 Å². The van der Waals surface area contributed by atoms with E-state index in [2.05, 4.69) is 0 Å². The zero-order chi connectivity index (χ0) is 5.15. The lowest BCUT2D eigenvalue weighted by molar-refractivity contribution is 0.528. The second-order valence-electron chi connectivity index (χ2n) is 1.31. The molecule has 0 rings (SSSR count). The molecule has 0 aromatic heterocycles. The molecular formula is C3H7O2S-. The van der Waals surface area contributed by atoms with Gasteiger partial charge in [-0.15, -0.1) is 0 Å². The summed E-state index contributed by atoms with van der Waals surface area (Å²) < 4.78 is 19.4. The van der Waals surface area contributed by atoms with E-state index in [-0.39, 0.29) is 5.25 Å². The maximum absolute atomic E-state index is 9.70. The molecule has 0 heterocycles. The molecule has 0 spiro atoms. The molecule has 0 aliphatic carbocycles. The van der Waals surface area contributed by atoms with Crippen LogP contribution in [0.4, 0.5) is 0 Å². The summed E-state index contributed by atoms with van der Waals surface area (Å²) in [5.74, 6) is 0. The maximum atomic E-state index is 9.70. The molecule has 6 heavy (non-hydrogen) atoms. The summed E-state index contributed by atoms with van der Waals surface area (Å²) in [6.45, 7) is 3.26. The molecule has 0 N–H and O–H groups in total. The second kappa shape index (κ2) is 2.31. The lowest BCUT2D eigenvalue weighted by Gasteiger charge is -2.05. The summed E-state index contributed by atoms with van der Waals surface area (Å²) in [5.41, 5.74) is 0. The Kier molecular flexibility index (Phi) is 2.35. The lowest BCUT2D eigenvalue weighted by Crippen LogP contribution is -2.02. The average Bonchev–Trinajstić information content (AvgIpc) is 1.36. The molecule has 0 aromatic carbocycles. The molecule has 0 saturated carbocycles. The normalized spacial score (nSPS) is 15.3. The highest BCUT2D eigenvalue weighted by Gasteiger charge is 1.85. The monoisotopic (exact) mass is 107 g/mol. The van der Waals surface area contributed by atoms with E-state index >= 15 is 0 Å². The Morgan fingerprint density at radius 3 is 1.83 bits per heavy atom. The zero-order valence-electron chi connectivity index (χ0n) is 3.80. The first-order valence-electron chi connectivity index (χ1n) is 1.72. The summed E-state index contributed by atoms with van der Waals surface area (Å²) in [7, 11) is 0. The van der Waals surface area contributed by atoms with Gasteiger partial charge in [-0.3, -0.25) is 4.21 Å². The fourth-order valence-electron chi connectivity index (χ4n) is 0. The highest BCUT2D eigenvalue weighted by molar-refractivity contribution is 7.79. The van der Waals surface area contributed by atoms with Crippen LogP contribution in [0.25, 0.3) is 0 Å². The molecular weight excluding hydrogens is 100 g/mol. The molecule has 2 nitrogen and oxygen atoms in total. The maximum Gasteiger partial charge on any atom is 0.0159 e. The van der Waals surface area contributed by atoms with Gasteiger partial charge >= 0.3 is 0 Å². The van der Waals surface area contributed by atoms with Crippen molar-refractivity contribution in [3.05, 3.63) is 0 Å². The number of hydrogen-bond donors (Lipinski definition) is 0. The fourth-order valence-corrected chi connectivity index (χ4v) is 0. The predicted molar refractivity (Wildman–Crippen MR) is 24.1 cm³/mol. The smallest absolute Gasteiger partial charge is 0.0159 e. The van der Waals surface area contributed by atoms with E-state index in [9.17, 15) is 8.76 Å². The van der Waals surface area contributed by atoms with E-state index < -0.39 is 11.1 Å². The van der Waals surface area contributed by atoms with E-state index in [1.807, 2.05) is 0 Å². The third kappa shape index (κ3) is 2.35. The average molecular weight is 107 g/mol. The Bertz CT molecular complexity index is 59.8. The van der Waals surface area contributed by atoms with Crippen LogP contribution in [-0.2, 0) is 11.1 Å². The van der Waals surface area contributed by atoms with Crippen LogP contribution in [0, 0.1) is 0 Å². The Hall–Kier alpha value is 0.110. The molecule has 0 aliphatic rings. The van der Waals surface area contributed by atoms with E-state index in [1.165, 1.54) is 0 Å². The van der Waals surface area contributed by atoms with Crippen molar-refractivity contribution >= 4 is 11.1 Å². The molecule has 38 valence electrons. The molecule has 0 saturated heterocycles. The first kappa shape index (κ1) is 6.11. The molecule has 3 heteroatoms. The summed E-state index contributed by atoms with van der Waals surface area (Å²) in [5, 5.41) is -0.231. The van der Waals surface area contributed by atoms with Crippen LogP contribution in [0.1, 0.15) is 13.8 Å². The van der Waals surface area contributed by atoms with Gasteiger partial charge in [0, 0.05) is 5.25 Å². The SMILES string of the molecule is CC(C)S(=O)[O-]. The van der Waals surface area contributed by atoms with Crippen molar-refractivity contribution in [2.75, 3.05) is 0 Å². The van der Waals surface area contributed by atoms with Gasteiger partial charge in [0.1, 0.15) is 0 Å². The summed E-state index contributed by atoms with van der Waals surface area (Å²) >= 11 is -1.87. The summed E-state index contributed by atoms with van der Waals surface area (Å²) in [4.78, 5) is 0. The first-order chi connectivity index (χ1) is 2.64. The molecule has 0 radical (unpaired) electrons. The molecule has 0 bridgehead atoms. The van der Waals surface area contributed by atoms with Gasteiger partial charge in [-0.05, 0) is 0 Å². The largest absolute Gasteiger partial charge is 0.772 e. The van der Waals surface area contributed by atoms with Gasteiger partial charge in [-0.1, -0.05) is 24.9 Å². The van der Waals surface area contributed by atoms with Crippen LogP contribution >= 0.6 is 0 Å². The van der Waals surface area contributed by atoms with Gasteiger partial charge in [-0.2, -0.15) is 0 Å². The minimum absolute atomic E-state index is 0.231. The summed E-state index contributed by atoms with van der Waals surface area (Å²) in [6, 6.07) is 0. The van der Waals surface area contributed by atoms with Crippen molar-refractivity contribution in [1.82, 2.24) is 0 Å². The molecule has 1 atom stereocenters. The van der Waals surface area contributed by atoms with Gasteiger partial charge in [0.2, 0.25) is 0 Å². The van der Waals surface area contributed by atoms with Crippen molar-refractivity contribution in [2.45, 2.75) is 19.1 Å². The minimum Gasteiger partial charge on any atom is -0.772 e. The lowest BCUT2D eigenvalue weighted by atomic mass is 10.6. The van der Waals surface area contributed by atoms with Crippen LogP contribution in [0.5, 0.6) is 0 Å². The van der Waals surface area contributed by atoms with Crippen molar-refractivity contribution < 1.29 is 8.76 Å². The third-order valence-corrected chi connectivity index (χ3v) is 1.15. The van der Waals surface area contributed by atoms with Gasteiger partial charge in [0.15, 0.2) is 0 Å². The number of hydrogen-bond acceptors (Lipinski definition) is 2. The second-order valence-corrected chi connectivity index (χ2v) is 2.77. The molecule has 0 fully saturated rings. The van der Waals surface area contributed by atoms with Crippen molar-refractivity contribution in [3.8, 4) is 0 Å². The molecule has 0 aliphatic heterocycles. The third-order valence-electron chi connectivity index (χ3n) is 0.385. The quantitative estimate of drug-likeness (QED) is 0.451. The van der Waals surface area contributed by atoms with E-state index in [0.29, 0.717) is 0 Å². The van der Waals surface area contributed by atoms with Gasteiger partial charge in [-0.25, -0.2) is 0 Å².